The van der Waals surface area contributed by atoms with Gasteiger partial charge in [-0.3, -0.25) is 0 Å². The summed E-state index contributed by atoms with van der Waals surface area (Å²) in [4.78, 5) is 0. The molecule has 0 aromatic heterocycles. The maximum Gasteiger partial charge on any atom is 0.138 e. The lowest BCUT2D eigenvalue weighted by Gasteiger charge is -2.19. The van der Waals surface area contributed by atoms with Gasteiger partial charge in [0, 0.05) is 29.5 Å². The monoisotopic (exact) mass is 325 g/mol. The second kappa shape index (κ2) is 4.67. The van der Waals surface area contributed by atoms with Crippen molar-refractivity contribution in [2.45, 2.75) is 51.7 Å². The van der Waals surface area contributed by atoms with E-state index in [0.29, 0.717) is 12.5 Å². The van der Waals surface area contributed by atoms with Crippen LogP contribution in [0.1, 0.15) is 43.4 Å². The van der Waals surface area contributed by atoms with Gasteiger partial charge in [-0.15, -0.1) is 0 Å². The third-order valence-electron chi connectivity index (χ3n) is 4.05. The van der Waals surface area contributed by atoms with Crippen molar-refractivity contribution in [3.63, 3.8) is 0 Å². The Kier molecular flexibility index (Phi) is 3.26. The van der Waals surface area contributed by atoms with Gasteiger partial charge in [-0.25, -0.2) is 0 Å². The zero-order valence-corrected chi connectivity index (χ0v) is 13.2. The third-order valence-corrected chi connectivity index (χ3v) is 4.89. The van der Waals surface area contributed by atoms with Crippen LogP contribution in [0.3, 0.4) is 0 Å². The fraction of sp³-hybridized carbons (Fsp3) is 0.600. The van der Waals surface area contributed by atoms with Gasteiger partial charge in [0.2, 0.25) is 0 Å². The summed E-state index contributed by atoms with van der Waals surface area (Å²) in [5, 5.41) is 0. The first kappa shape index (κ1) is 13.3. The Balaban J connectivity index is 2.23. The molecule has 3 rings (SSSR count). The standard InChI is InChI=1S/C15H20BrNO2/c1-7(6-17)12-10-4-8(2)19-15(10)13(16)11-5-9(3)18-14(11)12/h7-9H,4-6,17H2,1-3H3. The molecule has 0 aliphatic carbocycles. The van der Waals surface area contributed by atoms with Crippen molar-refractivity contribution in [3.8, 4) is 11.5 Å². The molecule has 2 aliphatic heterocycles. The molecule has 0 radical (unpaired) electrons. The highest BCUT2D eigenvalue weighted by molar-refractivity contribution is 9.10. The minimum Gasteiger partial charge on any atom is -0.490 e. The van der Waals surface area contributed by atoms with E-state index in [4.69, 9.17) is 15.2 Å². The normalized spacial score (nSPS) is 25.5. The number of halogens is 1. The molecule has 19 heavy (non-hydrogen) atoms. The molecule has 0 amide bonds. The van der Waals surface area contributed by atoms with Crippen LogP contribution in [0, 0.1) is 0 Å². The molecule has 3 nitrogen and oxygen atoms in total. The summed E-state index contributed by atoms with van der Waals surface area (Å²) < 4.78 is 13.1. The number of ether oxygens (including phenoxy) is 2. The molecule has 3 unspecified atom stereocenters. The molecular weight excluding hydrogens is 306 g/mol. The summed E-state index contributed by atoms with van der Waals surface area (Å²) in [6.45, 7) is 7.02. The van der Waals surface area contributed by atoms with E-state index < -0.39 is 0 Å². The molecule has 3 atom stereocenters. The Labute approximate surface area is 122 Å². The van der Waals surface area contributed by atoms with Crippen LogP contribution in [-0.2, 0) is 12.8 Å². The second-order valence-corrected chi connectivity index (χ2v) is 6.54. The minimum absolute atomic E-state index is 0.231. The van der Waals surface area contributed by atoms with Crippen molar-refractivity contribution in [2.24, 2.45) is 5.73 Å². The van der Waals surface area contributed by atoms with Crippen LogP contribution in [-0.4, -0.2) is 18.8 Å². The lowest BCUT2D eigenvalue weighted by molar-refractivity contribution is 0.251. The van der Waals surface area contributed by atoms with E-state index in [9.17, 15) is 0 Å². The molecule has 4 heteroatoms. The fourth-order valence-corrected chi connectivity index (χ4v) is 3.81. The van der Waals surface area contributed by atoms with Crippen LogP contribution in [0.5, 0.6) is 11.5 Å². The van der Waals surface area contributed by atoms with Gasteiger partial charge >= 0.3 is 0 Å². The van der Waals surface area contributed by atoms with Crippen molar-refractivity contribution in [1.29, 1.82) is 0 Å². The zero-order valence-electron chi connectivity index (χ0n) is 11.6. The molecule has 0 spiro atoms. The van der Waals surface area contributed by atoms with Crippen molar-refractivity contribution < 1.29 is 9.47 Å². The molecule has 2 N–H and O–H groups in total. The molecule has 0 saturated carbocycles. The molecule has 1 aromatic carbocycles. The van der Waals surface area contributed by atoms with Crippen molar-refractivity contribution in [2.75, 3.05) is 6.54 Å². The van der Waals surface area contributed by atoms with Crippen LogP contribution < -0.4 is 15.2 Å². The number of rotatable bonds is 2. The largest absolute Gasteiger partial charge is 0.490 e. The van der Waals surface area contributed by atoms with Gasteiger partial charge in [0.1, 0.15) is 23.7 Å². The van der Waals surface area contributed by atoms with Crippen LogP contribution in [0.2, 0.25) is 0 Å². The van der Waals surface area contributed by atoms with Gasteiger partial charge in [-0.1, -0.05) is 6.92 Å². The van der Waals surface area contributed by atoms with Gasteiger partial charge in [0.25, 0.3) is 0 Å². The number of fused-ring (bicyclic) bond motifs is 2. The zero-order chi connectivity index (χ0) is 13.7. The van der Waals surface area contributed by atoms with Gasteiger partial charge < -0.3 is 15.2 Å². The van der Waals surface area contributed by atoms with Crippen LogP contribution in [0.15, 0.2) is 4.47 Å². The summed E-state index contributed by atoms with van der Waals surface area (Å²) in [6.07, 6.45) is 2.34. The first-order valence-corrected chi connectivity index (χ1v) is 7.72. The maximum absolute atomic E-state index is 6.06. The lowest BCUT2D eigenvalue weighted by Crippen LogP contribution is -2.13. The first-order valence-electron chi connectivity index (χ1n) is 6.93. The first-order chi connectivity index (χ1) is 9.02. The molecule has 2 aliphatic rings. The van der Waals surface area contributed by atoms with Crippen LogP contribution in [0.4, 0.5) is 0 Å². The Morgan fingerprint density at radius 2 is 1.74 bits per heavy atom. The van der Waals surface area contributed by atoms with E-state index in [0.717, 1.165) is 28.8 Å². The van der Waals surface area contributed by atoms with Crippen LogP contribution >= 0.6 is 15.9 Å². The number of benzene rings is 1. The van der Waals surface area contributed by atoms with Gasteiger partial charge in [-0.05, 0) is 42.2 Å². The number of hydrogen-bond donors (Lipinski definition) is 1. The molecule has 1 aromatic rings. The van der Waals surface area contributed by atoms with Gasteiger partial charge in [0.15, 0.2) is 0 Å². The smallest absolute Gasteiger partial charge is 0.138 e. The van der Waals surface area contributed by atoms with E-state index in [2.05, 4.69) is 36.7 Å². The second-order valence-electron chi connectivity index (χ2n) is 5.74. The Hall–Kier alpha value is -0.740. The van der Waals surface area contributed by atoms with E-state index >= 15 is 0 Å². The number of nitrogens with two attached hydrogens (primary N) is 1. The van der Waals surface area contributed by atoms with Gasteiger partial charge in [-0.2, -0.15) is 0 Å². The quantitative estimate of drug-likeness (QED) is 0.908. The van der Waals surface area contributed by atoms with Crippen molar-refractivity contribution in [3.05, 3.63) is 21.2 Å². The Bertz CT molecular complexity index is 490. The summed E-state index contributed by atoms with van der Waals surface area (Å²) in [5.41, 5.74) is 9.69. The topological polar surface area (TPSA) is 44.5 Å². The molecule has 2 heterocycles. The molecule has 0 fully saturated rings. The van der Waals surface area contributed by atoms with E-state index in [1.54, 1.807) is 0 Å². The molecule has 104 valence electrons. The maximum atomic E-state index is 6.06. The van der Waals surface area contributed by atoms with E-state index in [1.807, 2.05) is 0 Å². The predicted molar refractivity (Wildman–Crippen MR) is 79.2 cm³/mol. The minimum atomic E-state index is 0.231. The average Bonchev–Trinajstić information content (AvgIpc) is 2.92. The van der Waals surface area contributed by atoms with E-state index in [1.165, 1.54) is 16.7 Å². The molecule has 0 saturated heterocycles. The van der Waals surface area contributed by atoms with Crippen LogP contribution in [0.25, 0.3) is 0 Å². The summed E-state index contributed by atoms with van der Waals surface area (Å²) >= 11 is 3.71. The molecule has 0 bridgehead atoms. The molecular formula is C15H20BrNO2. The van der Waals surface area contributed by atoms with Crippen molar-refractivity contribution >= 4 is 15.9 Å². The Morgan fingerprint density at radius 1 is 1.16 bits per heavy atom. The third kappa shape index (κ3) is 1.96. The van der Waals surface area contributed by atoms with Gasteiger partial charge in [0.05, 0.1) is 4.47 Å². The highest BCUT2D eigenvalue weighted by atomic mass is 79.9. The number of hydrogen-bond acceptors (Lipinski definition) is 3. The average molecular weight is 326 g/mol. The summed E-state index contributed by atoms with van der Waals surface area (Å²) in [6, 6.07) is 0. The SMILES string of the molecule is CC1Cc2c(c(Br)c3c(c2C(C)CN)OC(C)C3)O1. The Morgan fingerprint density at radius 3 is 2.37 bits per heavy atom. The highest BCUT2D eigenvalue weighted by Gasteiger charge is 2.36. The van der Waals surface area contributed by atoms with E-state index in [-0.39, 0.29) is 12.2 Å². The lowest BCUT2D eigenvalue weighted by atomic mass is 9.90. The highest BCUT2D eigenvalue weighted by Crippen LogP contribution is 2.51. The fourth-order valence-electron chi connectivity index (χ4n) is 3.13. The predicted octanol–water partition coefficient (Wildman–Crippen LogP) is 3.16. The summed E-state index contributed by atoms with van der Waals surface area (Å²) in [7, 11) is 0. The van der Waals surface area contributed by atoms with Crippen molar-refractivity contribution in [1.82, 2.24) is 0 Å². The summed E-state index contributed by atoms with van der Waals surface area (Å²) in [5.74, 6) is 2.36.